The molecule has 0 bridgehead atoms. The van der Waals surface area contributed by atoms with Crippen LogP contribution in [0.15, 0.2) is 40.2 Å². The van der Waals surface area contributed by atoms with Gasteiger partial charge in [0.2, 0.25) is 0 Å². The number of ether oxygens (including phenoxy) is 3. The number of benzene rings is 1. The van der Waals surface area contributed by atoms with E-state index in [4.69, 9.17) is 14.2 Å². The van der Waals surface area contributed by atoms with Gasteiger partial charge in [-0.3, -0.25) is 0 Å². The normalized spacial score (nSPS) is 14.6. The summed E-state index contributed by atoms with van der Waals surface area (Å²) in [6.07, 6.45) is 3.31. The summed E-state index contributed by atoms with van der Waals surface area (Å²) in [4.78, 5) is 26.7. The molecule has 1 aliphatic heterocycles. The molecule has 0 atom stereocenters. The van der Waals surface area contributed by atoms with Gasteiger partial charge in [0.1, 0.15) is 0 Å². The van der Waals surface area contributed by atoms with E-state index in [0.717, 1.165) is 0 Å². The number of hydrogen-bond donors (Lipinski definition) is 1. The Labute approximate surface area is 166 Å². The fourth-order valence-electron chi connectivity index (χ4n) is 2.83. The quantitative estimate of drug-likeness (QED) is 0.705. The Balaban J connectivity index is 2.72. The highest BCUT2D eigenvalue weighted by Gasteiger charge is 2.36. The summed E-state index contributed by atoms with van der Waals surface area (Å²) in [7, 11) is 3.98. The highest BCUT2D eigenvalue weighted by atomic mass is 79.9. The zero-order chi connectivity index (χ0) is 20.3. The van der Waals surface area contributed by atoms with Crippen LogP contribution in [0.5, 0.6) is 11.5 Å². The predicted octanol–water partition coefficient (Wildman–Crippen LogP) is 3.08. The van der Waals surface area contributed by atoms with E-state index in [9.17, 15) is 14.7 Å². The minimum absolute atomic E-state index is 0.00588. The van der Waals surface area contributed by atoms with E-state index in [0.29, 0.717) is 10.0 Å². The summed E-state index contributed by atoms with van der Waals surface area (Å²) in [5, 5.41) is 10.1. The molecule has 0 spiro atoms. The summed E-state index contributed by atoms with van der Waals surface area (Å²) in [5.74, 6) is -1.75. The number of carbonyl (C=O) groups is 2. The van der Waals surface area contributed by atoms with Crippen LogP contribution >= 0.6 is 15.9 Å². The number of aromatic hydroxyl groups is 1. The first-order valence-electron chi connectivity index (χ1n) is 8.19. The lowest BCUT2D eigenvalue weighted by Gasteiger charge is -2.32. The number of carbonyl (C=O) groups excluding carboxylic acids is 2. The molecule has 0 aliphatic carbocycles. The Morgan fingerprint density at radius 1 is 1.07 bits per heavy atom. The van der Waals surface area contributed by atoms with Gasteiger partial charge in [-0.05, 0) is 47.5 Å². The Morgan fingerprint density at radius 2 is 1.59 bits per heavy atom. The molecule has 0 fully saturated rings. The van der Waals surface area contributed by atoms with Gasteiger partial charge in [0, 0.05) is 18.4 Å². The highest BCUT2D eigenvalue weighted by molar-refractivity contribution is 9.10. The molecule has 27 heavy (non-hydrogen) atoms. The lowest BCUT2D eigenvalue weighted by molar-refractivity contribution is -0.137. The summed E-state index contributed by atoms with van der Waals surface area (Å²) in [5.41, 5.74) is 1.11. The minimum Gasteiger partial charge on any atom is -0.503 e. The monoisotopic (exact) mass is 439 g/mol. The van der Waals surface area contributed by atoms with Crippen molar-refractivity contribution >= 4 is 27.9 Å². The Morgan fingerprint density at radius 3 is 2.00 bits per heavy atom. The van der Waals surface area contributed by atoms with Crippen LogP contribution in [0, 0.1) is 0 Å². The Hall–Kier alpha value is -2.48. The van der Waals surface area contributed by atoms with Crippen molar-refractivity contribution in [3.63, 3.8) is 0 Å². The number of hydrogen-bond acceptors (Lipinski definition) is 7. The van der Waals surface area contributed by atoms with Gasteiger partial charge < -0.3 is 24.2 Å². The number of phenolic OH excluding ortho intramolecular Hbond substituents is 1. The molecule has 1 N–H and O–H groups in total. The number of phenols is 1. The topological polar surface area (TPSA) is 85.3 Å². The van der Waals surface area contributed by atoms with Crippen LogP contribution in [0.4, 0.5) is 0 Å². The molecule has 0 amide bonds. The second-order valence-electron chi connectivity index (χ2n) is 6.18. The van der Waals surface area contributed by atoms with Gasteiger partial charge in [0.15, 0.2) is 11.5 Å². The van der Waals surface area contributed by atoms with Crippen molar-refractivity contribution in [1.29, 1.82) is 0 Å². The van der Waals surface area contributed by atoms with Crippen LogP contribution in [0.25, 0.3) is 0 Å². The van der Waals surface area contributed by atoms with Crippen LogP contribution < -0.4 is 4.74 Å². The van der Waals surface area contributed by atoms with Crippen molar-refractivity contribution in [3.8, 4) is 11.5 Å². The third kappa shape index (κ3) is 4.10. The van der Waals surface area contributed by atoms with E-state index in [1.807, 2.05) is 13.8 Å². The van der Waals surface area contributed by atoms with Crippen molar-refractivity contribution in [2.75, 3.05) is 21.3 Å². The number of methoxy groups -OCH3 is 3. The highest BCUT2D eigenvalue weighted by Crippen LogP contribution is 2.43. The first kappa shape index (κ1) is 20.8. The molecule has 0 unspecified atom stereocenters. The standard InChI is InChI=1S/C19H22BrNO6/c1-10(2)21-8-12(18(23)26-4)16(13(9-21)19(24)27-5)11-6-14(20)17(22)15(7-11)25-3/h6-10,16,22H,1-5H3. The fraction of sp³-hybridized carbons (Fsp3) is 0.368. The smallest absolute Gasteiger partial charge is 0.336 e. The number of halogens is 1. The Bertz CT molecular complexity index is 781. The summed E-state index contributed by atoms with van der Waals surface area (Å²) in [6, 6.07) is 3.20. The number of nitrogens with zero attached hydrogens (tertiary/aromatic N) is 1. The van der Waals surface area contributed by atoms with Crippen molar-refractivity contribution in [2.24, 2.45) is 0 Å². The van der Waals surface area contributed by atoms with Crippen molar-refractivity contribution in [3.05, 3.63) is 45.7 Å². The second-order valence-corrected chi connectivity index (χ2v) is 7.03. The summed E-state index contributed by atoms with van der Waals surface area (Å²) >= 11 is 3.28. The van der Waals surface area contributed by atoms with Gasteiger partial charge in [-0.15, -0.1) is 0 Å². The van der Waals surface area contributed by atoms with Crippen LogP contribution in [-0.2, 0) is 19.1 Å². The summed E-state index contributed by atoms with van der Waals surface area (Å²) < 4.78 is 15.4. The van der Waals surface area contributed by atoms with Crippen LogP contribution in [0.2, 0.25) is 0 Å². The van der Waals surface area contributed by atoms with E-state index < -0.39 is 17.9 Å². The lowest BCUT2D eigenvalue weighted by Crippen LogP contribution is -2.31. The van der Waals surface area contributed by atoms with Gasteiger partial charge in [0.05, 0.1) is 42.9 Å². The van der Waals surface area contributed by atoms with Gasteiger partial charge in [0.25, 0.3) is 0 Å². The van der Waals surface area contributed by atoms with E-state index >= 15 is 0 Å². The van der Waals surface area contributed by atoms with E-state index in [2.05, 4.69) is 15.9 Å². The van der Waals surface area contributed by atoms with E-state index in [1.54, 1.807) is 29.4 Å². The van der Waals surface area contributed by atoms with Crippen molar-refractivity contribution < 1.29 is 28.9 Å². The molecule has 0 radical (unpaired) electrons. The molecular formula is C19H22BrNO6. The van der Waals surface area contributed by atoms with Crippen LogP contribution in [-0.4, -0.2) is 49.3 Å². The molecule has 0 aromatic heterocycles. The van der Waals surface area contributed by atoms with E-state index in [-0.39, 0.29) is 28.7 Å². The van der Waals surface area contributed by atoms with Gasteiger partial charge >= 0.3 is 11.9 Å². The molecule has 7 nitrogen and oxygen atoms in total. The third-order valence-corrected chi connectivity index (χ3v) is 4.85. The molecule has 146 valence electrons. The van der Waals surface area contributed by atoms with Crippen LogP contribution in [0.3, 0.4) is 0 Å². The SMILES string of the molecule is COC(=O)C1=CN(C(C)C)C=C(C(=O)OC)C1c1cc(Br)c(O)c(OC)c1. The predicted molar refractivity (Wildman–Crippen MR) is 102 cm³/mol. The molecule has 1 aromatic rings. The van der Waals surface area contributed by atoms with Crippen molar-refractivity contribution in [2.45, 2.75) is 25.8 Å². The minimum atomic E-state index is -0.745. The molecule has 1 heterocycles. The fourth-order valence-corrected chi connectivity index (χ4v) is 3.28. The average Bonchev–Trinajstić information content (AvgIpc) is 2.67. The van der Waals surface area contributed by atoms with E-state index in [1.165, 1.54) is 21.3 Å². The van der Waals surface area contributed by atoms with Crippen LogP contribution in [0.1, 0.15) is 25.3 Å². The van der Waals surface area contributed by atoms with Gasteiger partial charge in [-0.1, -0.05) is 0 Å². The average molecular weight is 440 g/mol. The third-order valence-electron chi connectivity index (χ3n) is 4.24. The zero-order valence-electron chi connectivity index (χ0n) is 15.8. The number of esters is 2. The summed E-state index contributed by atoms with van der Waals surface area (Å²) in [6.45, 7) is 3.86. The maximum Gasteiger partial charge on any atom is 0.336 e. The van der Waals surface area contributed by atoms with Gasteiger partial charge in [-0.2, -0.15) is 0 Å². The lowest BCUT2D eigenvalue weighted by atomic mass is 9.83. The first-order valence-corrected chi connectivity index (χ1v) is 8.98. The molecular weight excluding hydrogens is 418 g/mol. The molecule has 0 saturated carbocycles. The maximum absolute atomic E-state index is 12.5. The molecule has 0 saturated heterocycles. The molecule has 1 aliphatic rings. The van der Waals surface area contributed by atoms with Crippen molar-refractivity contribution in [1.82, 2.24) is 4.90 Å². The molecule has 8 heteroatoms. The zero-order valence-corrected chi connectivity index (χ0v) is 17.4. The second kappa shape index (κ2) is 8.47. The first-order chi connectivity index (χ1) is 12.7. The Kier molecular flexibility index (Phi) is 6.54. The number of rotatable bonds is 5. The molecule has 2 rings (SSSR count). The largest absolute Gasteiger partial charge is 0.503 e. The maximum atomic E-state index is 12.5. The van der Waals surface area contributed by atoms with Gasteiger partial charge in [-0.25, -0.2) is 9.59 Å². The molecule has 1 aromatic carbocycles.